The van der Waals surface area contributed by atoms with Gasteiger partial charge in [0, 0.05) is 5.92 Å². The van der Waals surface area contributed by atoms with E-state index in [0.717, 1.165) is 18.5 Å². The molecule has 0 saturated carbocycles. The number of hydrogen-bond donors (Lipinski definition) is 3. The van der Waals surface area contributed by atoms with Crippen LogP contribution in [0.25, 0.3) is 0 Å². The van der Waals surface area contributed by atoms with Crippen LogP contribution < -0.4 is 16.2 Å². The highest BCUT2D eigenvalue weighted by molar-refractivity contribution is 5.21. The summed E-state index contributed by atoms with van der Waals surface area (Å²) in [7, 11) is 0. The van der Waals surface area contributed by atoms with Crippen molar-refractivity contribution in [1.29, 1.82) is 0 Å². The number of benzene rings is 1. The molecular weight excluding hydrogens is 217 g/mol. The Hall–Kier alpha value is -0.970. The molecule has 0 spiro atoms. The lowest BCUT2D eigenvalue weighted by atomic mass is 9.94. The molecular formula is C13H20FN3. The van der Waals surface area contributed by atoms with Crippen LogP contribution in [0.15, 0.2) is 24.3 Å². The molecule has 1 saturated heterocycles. The summed E-state index contributed by atoms with van der Waals surface area (Å²) in [6.45, 7) is 5.34. The smallest absolute Gasteiger partial charge is 0.123 e. The van der Waals surface area contributed by atoms with Gasteiger partial charge in [0.1, 0.15) is 5.82 Å². The van der Waals surface area contributed by atoms with Crippen molar-refractivity contribution in [3.63, 3.8) is 0 Å². The van der Waals surface area contributed by atoms with E-state index in [-0.39, 0.29) is 18.0 Å². The Morgan fingerprint density at radius 2 is 1.94 bits per heavy atom. The topological polar surface area (TPSA) is 36.1 Å². The SMILES string of the molecule is CCCNC1NNC(c2ccc(F)cc2)C1C. The third kappa shape index (κ3) is 2.83. The molecule has 3 atom stereocenters. The van der Waals surface area contributed by atoms with Crippen molar-refractivity contribution in [2.45, 2.75) is 32.5 Å². The molecule has 3 unspecified atom stereocenters. The molecule has 94 valence electrons. The minimum absolute atomic E-state index is 0.187. The van der Waals surface area contributed by atoms with Crippen LogP contribution in [-0.2, 0) is 0 Å². The van der Waals surface area contributed by atoms with Crippen LogP contribution >= 0.6 is 0 Å². The normalized spacial score (nSPS) is 28.5. The quantitative estimate of drug-likeness (QED) is 0.749. The van der Waals surface area contributed by atoms with Crippen LogP contribution in [0.5, 0.6) is 0 Å². The molecule has 1 fully saturated rings. The van der Waals surface area contributed by atoms with Crippen molar-refractivity contribution in [3.05, 3.63) is 35.6 Å². The van der Waals surface area contributed by atoms with Gasteiger partial charge in [-0.25, -0.2) is 15.2 Å². The van der Waals surface area contributed by atoms with Gasteiger partial charge in [-0.1, -0.05) is 26.0 Å². The molecule has 4 heteroatoms. The van der Waals surface area contributed by atoms with E-state index in [0.29, 0.717) is 5.92 Å². The van der Waals surface area contributed by atoms with Gasteiger partial charge < -0.3 is 5.32 Å². The molecule has 1 aromatic carbocycles. The van der Waals surface area contributed by atoms with E-state index in [1.165, 1.54) is 12.1 Å². The summed E-state index contributed by atoms with van der Waals surface area (Å²) in [5, 5.41) is 3.44. The van der Waals surface area contributed by atoms with Gasteiger partial charge in [0.25, 0.3) is 0 Å². The second-order valence-electron chi connectivity index (χ2n) is 4.61. The van der Waals surface area contributed by atoms with E-state index in [2.05, 4.69) is 30.0 Å². The maximum absolute atomic E-state index is 12.9. The molecule has 3 N–H and O–H groups in total. The number of hydrogen-bond acceptors (Lipinski definition) is 3. The lowest BCUT2D eigenvalue weighted by Gasteiger charge is -2.19. The molecule has 0 aromatic heterocycles. The molecule has 0 bridgehead atoms. The van der Waals surface area contributed by atoms with Crippen molar-refractivity contribution in [1.82, 2.24) is 16.2 Å². The molecule has 1 aliphatic rings. The lowest BCUT2D eigenvalue weighted by Crippen LogP contribution is -2.43. The van der Waals surface area contributed by atoms with Gasteiger partial charge in [0.15, 0.2) is 0 Å². The minimum Gasteiger partial charge on any atom is -0.301 e. The lowest BCUT2D eigenvalue weighted by molar-refractivity contribution is 0.383. The van der Waals surface area contributed by atoms with Crippen LogP contribution in [0.2, 0.25) is 0 Å². The van der Waals surface area contributed by atoms with Crippen molar-refractivity contribution >= 4 is 0 Å². The first-order valence-corrected chi connectivity index (χ1v) is 6.22. The van der Waals surface area contributed by atoms with Crippen LogP contribution in [-0.4, -0.2) is 12.7 Å². The van der Waals surface area contributed by atoms with Crippen LogP contribution in [0.1, 0.15) is 31.9 Å². The highest BCUT2D eigenvalue weighted by Gasteiger charge is 2.32. The van der Waals surface area contributed by atoms with Crippen LogP contribution in [0.3, 0.4) is 0 Å². The maximum atomic E-state index is 12.9. The average molecular weight is 237 g/mol. The number of nitrogens with one attached hydrogen (secondary N) is 3. The van der Waals surface area contributed by atoms with Gasteiger partial charge in [-0.3, -0.25) is 0 Å². The Morgan fingerprint density at radius 3 is 2.59 bits per heavy atom. The Labute approximate surface area is 102 Å². The van der Waals surface area contributed by atoms with E-state index in [9.17, 15) is 4.39 Å². The third-order valence-electron chi connectivity index (χ3n) is 3.29. The highest BCUT2D eigenvalue weighted by atomic mass is 19.1. The first-order valence-electron chi connectivity index (χ1n) is 6.22. The van der Waals surface area contributed by atoms with Crippen molar-refractivity contribution in [2.24, 2.45) is 5.92 Å². The highest BCUT2D eigenvalue weighted by Crippen LogP contribution is 2.27. The Bertz CT molecular complexity index is 352. The number of rotatable bonds is 4. The largest absolute Gasteiger partial charge is 0.301 e. The molecule has 2 rings (SSSR count). The minimum atomic E-state index is -0.187. The zero-order chi connectivity index (χ0) is 12.3. The van der Waals surface area contributed by atoms with Crippen molar-refractivity contribution in [3.8, 4) is 0 Å². The summed E-state index contributed by atoms with van der Waals surface area (Å²) in [6.07, 6.45) is 1.39. The summed E-state index contributed by atoms with van der Waals surface area (Å²) < 4.78 is 12.9. The summed E-state index contributed by atoms with van der Waals surface area (Å²) in [5.41, 5.74) is 7.63. The van der Waals surface area contributed by atoms with Gasteiger partial charge in [-0.05, 0) is 30.7 Å². The van der Waals surface area contributed by atoms with Crippen LogP contribution in [0.4, 0.5) is 4.39 Å². The molecule has 3 nitrogen and oxygen atoms in total. The fourth-order valence-corrected chi connectivity index (χ4v) is 2.23. The fourth-order valence-electron chi connectivity index (χ4n) is 2.23. The van der Waals surface area contributed by atoms with E-state index < -0.39 is 0 Å². The predicted octanol–water partition coefficient (Wildman–Crippen LogP) is 1.94. The monoisotopic (exact) mass is 237 g/mol. The zero-order valence-electron chi connectivity index (χ0n) is 10.3. The molecule has 1 aliphatic heterocycles. The van der Waals surface area contributed by atoms with Gasteiger partial charge in [-0.15, -0.1) is 0 Å². The second-order valence-corrected chi connectivity index (χ2v) is 4.61. The summed E-state index contributed by atoms with van der Waals surface area (Å²) >= 11 is 0. The van der Waals surface area contributed by atoms with Gasteiger partial charge in [-0.2, -0.15) is 0 Å². The second kappa shape index (κ2) is 5.58. The van der Waals surface area contributed by atoms with Gasteiger partial charge in [0.05, 0.1) is 12.2 Å². The van der Waals surface area contributed by atoms with Crippen molar-refractivity contribution < 1.29 is 4.39 Å². The van der Waals surface area contributed by atoms with Gasteiger partial charge in [0.2, 0.25) is 0 Å². The standard InChI is InChI=1S/C13H20FN3/c1-3-8-15-13-9(2)12(16-17-13)10-4-6-11(14)7-5-10/h4-7,9,12-13,15-17H,3,8H2,1-2H3. The molecule has 0 amide bonds. The predicted molar refractivity (Wildman–Crippen MR) is 66.7 cm³/mol. The molecule has 0 aliphatic carbocycles. The Kier molecular flexibility index (Phi) is 4.10. The summed E-state index contributed by atoms with van der Waals surface area (Å²) in [4.78, 5) is 0. The molecule has 1 heterocycles. The first kappa shape index (κ1) is 12.5. The maximum Gasteiger partial charge on any atom is 0.123 e. The number of halogens is 1. The summed E-state index contributed by atoms with van der Waals surface area (Å²) in [5.74, 6) is 0.236. The average Bonchev–Trinajstić information content (AvgIpc) is 2.69. The van der Waals surface area contributed by atoms with E-state index in [4.69, 9.17) is 0 Å². The van der Waals surface area contributed by atoms with E-state index in [1.54, 1.807) is 0 Å². The molecule has 1 aromatic rings. The zero-order valence-corrected chi connectivity index (χ0v) is 10.3. The van der Waals surface area contributed by atoms with Crippen molar-refractivity contribution in [2.75, 3.05) is 6.54 Å². The number of hydrazine groups is 1. The van der Waals surface area contributed by atoms with E-state index in [1.807, 2.05) is 12.1 Å². The fraction of sp³-hybridized carbons (Fsp3) is 0.538. The molecule has 17 heavy (non-hydrogen) atoms. The molecule has 0 radical (unpaired) electrons. The van der Waals surface area contributed by atoms with Gasteiger partial charge >= 0.3 is 0 Å². The third-order valence-corrected chi connectivity index (χ3v) is 3.29. The first-order chi connectivity index (χ1) is 8.22. The Balaban J connectivity index is 2.01. The Morgan fingerprint density at radius 1 is 1.24 bits per heavy atom. The van der Waals surface area contributed by atoms with E-state index >= 15 is 0 Å². The summed E-state index contributed by atoms with van der Waals surface area (Å²) in [6, 6.07) is 6.93. The van der Waals surface area contributed by atoms with Crippen LogP contribution in [0, 0.1) is 11.7 Å².